The van der Waals surface area contributed by atoms with Gasteiger partial charge < -0.3 is 5.73 Å². The molecule has 80 valence electrons. The molecule has 0 fully saturated rings. The third-order valence-corrected chi connectivity index (χ3v) is 1.83. The highest BCUT2D eigenvalue weighted by molar-refractivity contribution is 5.85. The molecule has 0 radical (unpaired) electrons. The summed E-state index contributed by atoms with van der Waals surface area (Å²) >= 11 is 0. The topological polar surface area (TPSA) is 69.6 Å². The maximum atomic E-state index is 5.42. The summed E-state index contributed by atoms with van der Waals surface area (Å²) in [6.07, 6.45) is 7.85. The van der Waals surface area contributed by atoms with E-state index in [0.29, 0.717) is 12.5 Å². The zero-order valence-electron chi connectivity index (χ0n) is 8.08. The summed E-state index contributed by atoms with van der Waals surface area (Å²) in [4.78, 5) is 8.35. The minimum Gasteiger partial charge on any atom is -0.330 e. The van der Waals surface area contributed by atoms with Crippen molar-refractivity contribution in [1.82, 2.24) is 19.7 Å². The third-order valence-electron chi connectivity index (χ3n) is 1.83. The second-order valence-corrected chi connectivity index (χ2v) is 2.88. The van der Waals surface area contributed by atoms with E-state index in [1.54, 1.807) is 29.5 Å². The maximum absolute atomic E-state index is 5.42. The molecule has 2 aromatic rings. The van der Waals surface area contributed by atoms with Crippen LogP contribution in [0.2, 0.25) is 0 Å². The van der Waals surface area contributed by atoms with Crippen LogP contribution in [0.5, 0.6) is 0 Å². The first-order chi connectivity index (χ1) is 6.90. The lowest BCUT2D eigenvalue weighted by atomic mass is 10.2. The first kappa shape index (κ1) is 11.6. The Labute approximate surface area is 93.8 Å². The Morgan fingerprint density at radius 3 is 2.53 bits per heavy atom. The molecular formula is C9H12ClN5. The van der Waals surface area contributed by atoms with Crippen molar-refractivity contribution >= 4 is 12.4 Å². The Bertz CT molecular complexity index is 383. The van der Waals surface area contributed by atoms with Gasteiger partial charge in [-0.25, -0.2) is 14.6 Å². The summed E-state index contributed by atoms with van der Waals surface area (Å²) in [5.41, 5.74) is 6.46. The molecule has 0 atom stereocenters. The van der Waals surface area contributed by atoms with Gasteiger partial charge in [-0.3, -0.25) is 0 Å². The quantitative estimate of drug-likeness (QED) is 0.830. The molecule has 0 aliphatic rings. The zero-order valence-corrected chi connectivity index (χ0v) is 8.89. The summed E-state index contributed by atoms with van der Waals surface area (Å²) in [6.45, 7) is 0.616. The van der Waals surface area contributed by atoms with Crippen molar-refractivity contribution in [3.05, 3.63) is 36.4 Å². The van der Waals surface area contributed by atoms with Gasteiger partial charge in [0.1, 0.15) is 0 Å². The number of nitrogens with two attached hydrogens (primary N) is 1. The molecule has 2 aromatic heterocycles. The molecule has 0 aliphatic heterocycles. The summed E-state index contributed by atoms with van der Waals surface area (Å²) in [7, 11) is 0. The van der Waals surface area contributed by atoms with E-state index in [4.69, 9.17) is 5.73 Å². The van der Waals surface area contributed by atoms with Crippen LogP contribution in [0.3, 0.4) is 0 Å². The normalized spacial score (nSPS) is 9.67. The SMILES string of the molecule is Cl.NCCc1cnc(-n2cccn2)nc1. The van der Waals surface area contributed by atoms with Crippen molar-refractivity contribution in [3.8, 4) is 5.95 Å². The Balaban J connectivity index is 0.00000112. The van der Waals surface area contributed by atoms with E-state index in [1.165, 1.54) is 0 Å². The molecule has 0 aliphatic carbocycles. The largest absolute Gasteiger partial charge is 0.330 e. The average Bonchev–Trinajstić information content (AvgIpc) is 2.72. The molecular weight excluding hydrogens is 214 g/mol. The highest BCUT2D eigenvalue weighted by atomic mass is 35.5. The Kier molecular flexibility index (Phi) is 4.20. The van der Waals surface area contributed by atoms with Crippen LogP contribution in [0, 0.1) is 0 Å². The van der Waals surface area contributed by atoms with Gasteiger partial charge in [0.2, 0.25) is 5.95 Å². The molecule has 0 saturated heterocycles. The fourth-order valence-electron chi connectivity index (χ4n) is 1.15. The van der Waals surface area contributed by atoms with E-state index in [9.17, 15) is 0 Å². The van der Waals surface area contributed by atoms with E-state index in [0.717, 1.165) is 12.0 Å². The summed E-state index contributed by atoms with van der Waals surface area (Å²) in [5.74, 6) is 0.579. The van der Waals surface area contributed by atoms with Gasteiger partial charge in [-0.15, -0.1) is 12.4 Å². The molecule has 15 heavy (non-hydrogen) atoms. The van der Waals surface area contributed by atoms with Gasteiger partial charge in [0.05, 0.1) is 0 Å². The summed E-state index contributed by atoms with van der Waals surface area (Å²) in [6, 6.07) is 1.83. The van der Waals surface area contributed by atoms with Gasteiger partial charge in [0.15, 0.2) is 0 Å². The molecule has 0 bridgehead atoms. The second-order valence-electron chi connectivity index (χ2n) is 2.88. The minimum absolute atomic E-state index is 0. The smallest absolute Gasteiger partial charge is 0.250 e. The van der Waals surface area contributed by atoms with E-state index < -0.39 is 0 Å². The summed E-state index contributed by atoms with van der Waals surface area (Å²) in [5, 5.41) is 4.03. The molecule has 2 heterocycles. The first-order valence-electron chi connectivity index (χ1n) is 4.41. The molecule has 0 unspecified atom stereocenters. The predicted molar refractivity (Wildman–Crippen MR) is 59.2 cm³/mol. The molecule has 5 nitrogen and oxygen atoms in total. The molecule has 0 spiro atoms. The Hall–Kier alpha value is -1.46. The summed E-state index contributed by atoms with van der Waals surface area (Å²) < 4.78 is 1.62. The predicted octanol–water partition coefficient (Wildman–Crippen LogP) is 0.585. The lowest BCUT2D eigenvalue weighted by molar-refractivity contribution is 0.799. The van der Waals surface area contributed by atoms with Crippen molar-refractivity contribution in [1.29, 1.82) is 0 Å². The van der Waals surface area contributed by atoms with E-state index >= 15 is 0 Å². The number of aromatic nitrogens is 4. The van der Waals surface area contributed by atoms with Gasteiger partial charge in [-0.05, 0) is 24.6 Å². The van der Waals surface area contributed by atoms with E-state index in [2.05, 4.69) is 15.1 Å². The molecule has 0 aromatic carbocycles. The van der Waals surface area contributed by atoms with Gasteiger partial charge in [-0.1, -0.05) is 0 Å². The molecule has 2 N–H and O–H groups in total. The highest BCUT2D eigenvalue weighted by Crippen LogP contribution is 2.00. The van der Waals surface area contributed by atoms with Gasteiger partial charge in [-0.2, -0.15) is 5.10 Å². The van der Waals surface area contributed by atoms with Crippen LogP contribution in [-0.4, -0.2) is 26.3 Å². The molecule has 0 saturated carbocycles. The number of halogens is 1. The van der Waals surface area contributed by atoms with Crippen molar-refractivity contribution < 1.29 is 0 Å². The Morgan fingerprint density at radius 2 is 2.00 bits per heavy atom. The lowest BCUT2D eigenvalue weighted by Crippen LogP contribution is -2.06. The van der Waals surface area contributed by atoms with Crippen LogP contribution >= 0.6 is 12.4 Å². The highest BCUT2D eigenvalue weighted by Gasteiger charge is 1.98. The number of hydrogen-bond donors (Lipinski definition) is 1. The van der Waals surface area contributed by atoms with E-state index in [1.807, 2.05) is 6.07 Å². The fraction of sp³-hybridized carbons (Fsp3) is 0.222. The molecule has 0 amide bonds. The number of nitrogens with zero attached hydrogens (tertiary/aromatic N) is 4. The van der Waals surface area contributed by atoms with Crippen LogP contribution in [0.25, 0.3) is 5.95 Å². The van der Waals surface area contributed by atoms with Crippen molar-refractivity contribution in [2.45, 2.75) is 6.42 Å². The van der Waals surface area contributed by atoms with Gasteiger partial charge in [0, 0.05) is 24.8 Å². The maximum Gasteiger partial charge on any atom is 0.250 e. The van der Waals surface area contributed by atoms with Gasteiger partial charge >= 0.3 is 0 Å². The third kappa shape index (κ3) is 2.74. The van der Waals surface area contributed by atoms with Crippen molar-refractivity contribution in [3.63, 3.8) is 0 Å². The monoisotopic (exact) mass is 225 g/mol. The number of rotatable bonds is 3. The fourth-order valence-corrected chi connectivity index (χ4v) is 1.15. The molecule has 2 rings (SSSR count). The van der Waals surface area contributed by atoms with Crippen LogP contribution in [0.4, 0.5) is 0 Å². The first-order valence-corrected chi connectivity index (χ1v) is 4.41. The number of hydrogen-bond acceptors (Lipinski definition) is 4. The molecule has 6 heteroatoms. The van der Waals surface area contributed by atoms with E-state index in [-0.39, 0.29) is 12.4 Å². The van der Waals surface area contributed by atoms with Crippen LogP contribution in [0.15, 0.2) is 30.9 Å². The van der Waals surface area contributed by atoms with Crippen molar-refractivity contribution in [2.24, 2.45) is 5.73 Å². The standard InChI is InChI=1S/C9H11N5.ClH/c10-3-2-8-6-11-9(12-7-8)14-5-1-4-13-14;/h1,4-7H,2-3,10H2;1H. The second kappa shape index (κ2) is 5.43. The average molecular weight is 226 g/mol. The van der Waals surface area contributed by atoms with Crippen LogP contribution in [0.1, 0.15) is 5.56 Å². The Morgan fingerprint density at radius 1 is 1.27 bits per heavy atom. The van der Waals surface area contributed by atoms with Crippen molar-refractivity contribution in [2.75, 3.05) is 6.54 Å². The van der Waals surface area contributed by atoms with Gasteiger partial charge in [0.25, 0.3) is 0 Å². The lowest BCUT2D eigenvalue weighted by Gasteiger charge is -2.00. The minimum atomic E-state index is 0. The van der Waals surface area contributed by atoms with Crippen LogP contribution in [-0.2, 0) is 6.42 Å². The van der Waals surface area contributed by atoms with Crippen LogP contribution < -0.4 is 5.73 Å². The zero-order chi connectivity index (χ0) is 9.80.